The van der Waals surface area contributed by atoms with E-state index in [1.165, 1.54) is 6.92 Å². The summed E-state index contributed by atoms with van der Waals surface area (Å²) in [5.74, 6) is 0.296. The lowest BCUT2D eigenvalue weighted by molar-refractivity contribution is 0.0696. The second kappa shape index (κ2) is 6.20. The fourth-order valence-electron chi connectivity index (χ4n) is 1.40. The van der Waals surface area contributed by atoms with Crippen LogP contribution in [-0.4, -0.2) is 23.6 Å². The molecule has 0 heterocycles. The highest BCUT2D eigenvalue weighted by Crippen LogP contribution is 2.31. The van der Waals surface area contributed by atoms with Crippen LogP contribution in [0, 0.1) is 5.92 Å². The Labute approximate surface area is 115 Å². The average molecular weight is 316 g/mol. The molecule has 0 fully saturated rings. The third-order valence-electron chi connectivity index (χ3n) is 2.63. The summed E-state index contributed by atoms with van der Waals surface area (Å²) in [6, 6.07) is 3.33. The standard InChI is InChI=1S/C13H18BrNO3/c1-7(2)12(17)6-18-13-10(8(3)16)4-9(14)5-11(13)15/h4-5,7,12,17H,6,15H2,1-3H3. The molecule has 0 spiro atoms. The first-order valence-corrected chi connectivity index (χ1v) is 6.53. The summed E-state index contributed by atoms with van der Waals surface area (Å²) in [5, 5.41) is 9.70. The van der Waals surface area contributed by atoms with Gasteiger partial charge in [-0.3, -0.25) is 4.79 Å². The fraction of sp³-hybridized carbons (Fsp3) is 0.462. The van der Waals surface area contributed by atoms with Crippen molar-refractivity contribution in [3.8, 4) is 5.75 Å². The van der Waals surface area contributed by atoms with Gasteiger partial charge in [0.25, 0.3) is 0 Å². The summed E-state index contributed by atoms with van der Waals surface area (Å²) in [6.07, 6.45) is -0.590. The van der Waals surface area contributed by atoms with E-state index in [9.17, 15) is 9.90 Å². The molecule has 1 atom stereocenters. The summed E-state index contributed by atoms with van der Waals surface area (Å²) in [6.45, 7) is 5.35. The molecule has 5 heteroatoms. The normalized spacial score (nSPS) is 12.6. The number of hydrogen-bond acceptors (Lipinski definition) is 4. The van der Waals surface area contributed by atoms with Gasteiger partial charge >= 0.3 is 0 Å². The molecule has 0 saturated carbocycles. The van der Waals surface area contributed by atoms with E-state index in [2.05, 4.69) is 15.9 Å². The molecule has 3 N–H and O–H groups in total. The molecule has 0 saturated heterocycles. The van der Waals surface area contributed by atoms with Crippen LogP contribution >= 0.6 is 15.9 Å². The average Bonchev–Trinajstić information content (AvgIpc) is 2.26. The van der Waals surface area contributed by atoms with Gasteiger partial charge in [-0.15, -0.1) is 0 Å². The first-order valence-electron chi connectivity index (χ1n) is 5.73. The predicted octanol–water partition coefficient (Wildman–Crippen LogP) is 2.63. The molecule has 100 valence electrons. The van der Waals surface area contributed by atoms with E-state index < -0.39 is 6.10 Å². The Balaban J connectivity index is 2.97. The summed E-state index contributed by atoms with van der Waals surface area (Å²) >= 11 is 3.28. The smallest absolute Gasteiger partial charge is 0.163 e. The lowest BCUT2D eigenvalue weighted by Gasteiger charge is -2.18. The van der Waals surface area contributed by atoms with Crippen molar-refractivity contribution >= 4 is 27.4 Å². The zero-order valence-corrected chi connectivity index (χ0v) is 12.3. The molecular formula is C13H18BrNO3. The second-order valence-electron chi connectivity index (χ2n) is 4.55. The Bertz CT molecular complexity index is 446. The number of carbonyl (C=O) groups excluding carboxylic acids is 1. The Morgan fingerprint density at radius 3 is 2.61 bits per heavy atom. The van der Waals surface area contributed by atoms with Crippen LogP contribution in [0.1, 0.15) is 31.1 Å². The number of benzene rings is 1. The lowest BCUT2D eigenvalue weighted by atomic mass is 10.1. The Kier molecular flexibility index (Phi) is 5.16. The van der Waals surface area contributed by atoms with Gasteiger partial charge in [-0.25, -0.2) is 0 Å². The Hall–Kier alpha value is -1.07. The van der Waals surface area contributed by atoms with Gasteiger partial charge in [0, 0.05) is 4.47 Å². The van der Waals surface area contributed by atoms with Gasteiger partial charge in [-0.2, -0.15) is 0 Å². The molecule has 18 heavy (non-hydrogen) atoms. The maximum Gasteiger partial charge on any atom is 0.163 e. The maximum absolute atomic E-state index is 11.5. The number of hydrogen-bond donors (Lipinski definition) is 2. The van der Waals surface area contributed by atoms with Gasteiger partial charge in [-0.05, 0) is 25.0 Å². The number of ketones is 1. The maximum atomic E-state index is 11.5. The molecule has 1 unspecified atom stereocenters. The van der Waals surface area contributed by atoms with E-state index in [0.717, 1.165) is 4.47 Å². The third kappa shape index (κ3) is 3.71. The molecule has 0 radical (unpaired) electrons. The van der Waals surface area contributed by atoms with Crippen molar-refractivity contribution in [3.63, 3.8) is 0 Å². The number of nitrogens with two attached hydrogens (primary N) is 1. The van der Waals surface area contributed by atoms with Gasteiger partial charge in [0.05, 0.1) is 17.4 Å². The third-order valence-corrected chi connectivity index (χ3v) is 3.09. The number of ether oxygens (including phenoxy) is 1. The first kappa shape index (κ1) is 15.0. The van der Waals surface area contributed by atoms with Crippen molar-refractivity contribution in [1.29, 1.82) is 0 Å². The summed E-state index contributed by atoms with van der Waals surface area (Å²) < 4.78 is 6.21. The quantitative estimate of drug-likeness (QED) is 0.647. The highest BCUT2D eigenvalue weighted by molar-refractivity contribution is 9.10. The minimum absolute atomic E-state index is 0.0856. The number of aliphatic hydroxyl groups excluding tert-OH is 1. The van der Waals surface area contributed by atoms with Crippen molar-refractivity contribution in [3.05, 3.63) is 22.2 Å². The number of carbonyl (C=O) groups is 1. The van der Waals surface area contributed by atoms with Crippen LogP contribution in [0.4, 0.5) is 5.69 Å². The van der Waals surface area contributed by atoms with Crippen molar-refractivity contribution in [2.24, 2.45) is 5.92 Å². The van der Waals surface area contributed by atoms with E-state index >= 15 is 0 Å². The largest absolute Gasteiger partial charge is 0.488 e. The van der Waals surface area contributed by atoms with Crippen LogP contribution < -0.4 is 10.5 Å². The number of anilines is 1. The molecule has 0 bridgehead atoms. The van der Waals surface area contributed by atoms with Crippen LogP contribution in [0.15, 0.2) is 16.6 Å². The van der Waals surface area contributed by atoms with Gasteiger partial charge in [-0.1, -0.05) is 29.8 Å². The lowest BCUT2D eigenvalue weighted by Crippen LogP contribution is -2.24. The molecule has 1 aromatic rings. The Morgan fingerprint density at radius 2 is 2.11 bits per heavy atom. The van der Waals surface area contributed by atoms with Crippen LogP contribution in [0.3, 0.4) is 0 Å². The number of rotatable bonds is 5. The minimum Gasteiger partial charge on any atom is -0.488 e. The molecule has 4 nitrogen and oxygen atoms in total. The van der Waals surface area contributed by atoms with Crippen molar-refractivity contribution in [1.82, 2.24) is 0 Å². The van der Waals surface area contributed by atoms with E-state index in [1.807, 2.05) is 13.8 Å². The molecule has 1 rings (SSSR count). The van der Waals surface area contributed by atoms with E-state index in [1.54, 1.807) is 12.1 Å². The molecule has 0 aliphatic carbocycles. The van der Waals surface area contributed by atoms with Gasteiger partial charge < -0.3 is 15.6 Å². The minimum atomic E-state index is -0.590. The van der Waals surface area contributed by atoms with Gasteiger partial charge in [0.15, 0.2) is 11.5 Å². The number of aliphatic hydroxyl groups is 1. The van der Waals surface area contributed by atoms with Gasteiger partial charge in [0.2, 0.25) is 0 Å². The topological polar surface area (TPSA) is 72.6 Å². The van der Waals surface area contributed by atoms with E-state index in [0.29, 0.717) is 17.0 Å². The highest BCUT2D eigenvalue weighted by atomic mass is 79.9. The molecule has 0 amide bonds. The van der Waals surface area contributed by atoms with Gasteiger partial charge in [0.1, 0.15) is 6.61 Å². The molecular weight excluding hydrogens is 298 g/mol. The summed E-state index contributed by atoms with van der Waals surface area (Å²) in [5.41, 5.74) is 6.63. The summed E-state index contributed by atoms with van der Waals surface area (Å²) in [7, 11) is 0. The van der Waals surface area contributed by atoms with E-state index in [-0.39, 0.29) is 18.3 Å². The highest BCUT2D eigenvalue weighted by Gasteiger charge is 2.16. The van der Waals surface area contributed by atoms with Crippen molar-refractivity contribution < 1.29 is 14.6 Å². The SMILES string of the molecule is CC(=O)c1cc(Br)cc(N)c1OCC(O)C(C)C. The second-order valence-corrected chi connectivity index (χ2v) is 5.47. The fourth-order valence-corrected chi connectivity index (χ4v) is 1.87. The van der Waals surface area contributed by atoms with Crippen LogP contribution in [-0.2, 0) is 0 Å². The molecule has 0 aromatic heterocycles. The molecule has 0 aliphatic rings. The number of nitrogen functional groups attached to an aromatic ring is 1. The number of halogens is 1. The van der Waals surface area contributed by atoms with Crippen LogP contribution in [0.5, 0.6) is 5.75 Å². The molecule has 1 aromatic carbocycles. The van der Waals surface area contributed by atoms with Crippen LogP contribution in [0.2, 0.25) is 0 Å². The number of Topliss-reactive ketones (excluding diaryl/α,β-unsaturated/α-hetero) is 1. The van der Waals surface area contributed by atoms with E-state index in [4.69, 9.17) is 10.5 Å². The first-order chi connectivity index (χ1) is 8.32. The van der Waals surface area contributed by atoms with Crippen LogP contribution in [0.25, 0.3) is 0 Å². The zero-order chi connectivity index (χ0) is 13.9. The van der Waals surface area contributed by atoms with Crippen molar-refractivity contribution in [2.45, 2.75) is 26.9 Å². The van der Waals surface area contributed by atoms with Crippen molar-refractivity contribution in [2.75, 3.05) is 12.3 Å². The predicted molar refractivity (Wildman–Crippen MR) is 74.9 cm³/mol. The Morgan fingerprint density at radius 1 is 1.50 bits per heavy atom. The summed E-state index contributed by atoms with van der Waals surface area (Å²) in [4.78, 5) is 11.5. The zero-order valence-electron chi connectivity index (χ0n) is 10.7. The monoisotopic (exact) mass is 315 g/mol. The molecule has 0 aliphatic heterocycles.